The number of aromatic nitrogens is 2. The van der Waals surface area contributed by atoms with E-state index in [-0.39, 0.29) is 5.41 Å². The summed E-state index contributed by atoms with van der Waals surface area (Å²) in [5, 5.41) is 3.44. The minimum atomic E-state index is 0.101. The van der Waals surface area contributed by atoms with Crippen molar-refractivity contribution in [1.29, 1.82) is 0 Å². The number of nitrogens with one attached hydrogen (secondary N) is 2. The first-order chi connectivity index (χ1) is 10.3. The van der Waals surface area contributed by atoms with E-state index < -0.39 is 0 Å². The number of benzene rings is 1. The van der Waals surface area contributed by atoms with Crippen LogP contribution in [0.2, 0.25) is 0 Å². The molecular formula is C18H25N3. The number of rotatable bonds is 6. The predicted molar refractivity (Wildman–Crippen MR) is 86.3 cm³/mol. The van der Waals surface area contributed by atoms with Gasteiger partial charge in [0.1, 0.15) is 5.82 Å². The summed E-state index contributed by atoms with van der Waals surface area (Å²) < 4.78 is 0. The van der Waals surface area contributed by atoms with Gasteiger partial charge in [-0.1, -0.05) is 50.1 Å². The van der Waals surface area contributed by atoms with E-state index in [9.17, 15) is 0 Å². The lowest BCUT2D eigenvalue weighted by molar-refractivity contribution is 0.503. The zero-order chi connectivity index (χ0) is 14.5. The van der Waals surface area contributed by atoms with Crippen LogP contribution >= 0.6 is 0 Å². The SMILES string of the molecule is CCCNCc1cnc(C2(c3ccccc3)CCCC2)[nH]1. The molecule has 0 amide bonds. The molecule has 0 aliphatic heterocycles. The summed E-state index contributed by atoms with van der Waals surface area (Å²) in [6.45, 7) is 4.12. The van der Waals surface area contributed by atoms with Crippen LogP contribution < -0.4 is 5.32 Å². The standard InChI is InChI=1S/C18H25N3/c1-2-12-19-13-16-14-20-17(21-16)18(10-6-7-11-18)15-8-4-3-5-9-15/h3-5,8-9,14,19H,2,6-7,10-13H2,1H3,(H,20,21). The van der Waals surface area contributed by atoms with Gasteiger partial charge in [0.05, 0.1) is 5.41 Å². The van der Waals surface area contributed by atoms with Crippen LogP contribution in [0.4, 0.5) is 0 Å². The second-order valence-electron chi connectivity index (χ2n) is 6.09. The topological polar surface area (TPSA) is 40.7 Å². The Balaban J connectivity index is 1.85. The van der Waals surface area contributed by atoms with Crippen molar-refractivity contribution >= 4 is 0 Å². The van der Waals surface area contributed by atoms with Gasteiger partial charge in [-0.2, -0.15) is 0 Å². The van der Waals surface area contributed by atoms with Crippen LogP contribution in [-0.2, 0) is 12.0 Å². The lowest BCUT2D eigenvalue weighted by Crippen LogP contribution is -2.25. The Kier molecular flexibility index (Phi) is 4.39. The summed E-state index contributed by atoms with van der Waals surface area (Å²) in [6.07, 6.45) is 8.15. The molecule has 1 aliphatic rings. The maximum Gasteiger partial charge on any atom is 0.116 e. The third kappa shape index (κ3) is 2.88. The van der Waals surface area contributed by atoms with Crippen molar-refractivity contribution in [3.05, 3.63) is 53.6 Å². The number of imidazole rings is 1. The Morgan fingerprint density at radius 3 is 2.67 bits per heavy atom. The van der Waals surface area contributed by atoms with Crippen molar-refractivity contribution < 1.29 is 0 Å². The maximum atomic E-state index is 4.73. The molecular weight excluding hydrogens is 258 g/mol. The summed E-state index contributed by atoms with van der Waals surface area (Å²) in [4.78, 5) is 8.31. The van der Waals surface area contributed by atoms with E-state index in [4.69, 9.17) is 4.98 Å². The van der Waals surface area contributed by atoms with Crippen LogP contribution in [0.5, 0.6) is 0 Å². The molecule has 1 heterocycles. The van der Waals surface area contributed by atoms with Gasteiger partial charge >= 0.3 is 0 Å². The molecule has 112 valence electrons. The highest BCUT2D eigenvalue weighted by Gasteiger charge is 2.39. The van der Waals surface area contributed by atoms with E-state index in [1.54, 1.807) is 0 Å². The highest BCUT2D eigenvalue weighted by atomic mass is 15.0. The third-order valence-electron chi connectivity index (χ3n) is 4.61. The fraction of sp³-hybridized carbons (Fsp3) is 0.500. The second-order valence-corrected chi connectivity index (χ2v) is 6.09. The van der Waals surface area contributed by atoms with E-state index in [0.29, 0.717) is 0 Å². The lowest BCUT2D eigenvalue weighted by atomic mass is 9.78. The van der Waals surface area contributed by atoms with E-state index in [1.807, 2.05) is 6.20 Å². The normalized spacial score (nSPS) is 17.2. The van der Waals surface area contributed by atoms with Gasteiger partial charge in [0.25, 0.3) is 0 Å². The monoisotopic (exact) mass is 283 g/mol. The minimum absolute atomic E-state index is 0.101. The van der Waals surface area contributed by atoms with Crippen LogP contribution in [0.3, 0.4) is 0 Å². The van der Waals surface area contributed by atoms with E-state index in [0.717, 1.165) is 25.3 Å². The van der Waals surface area contributed by atoms with Crippen molar-refractivity contribution in [3.8, 4) is 0 Å². The summed E-state index contributed by atoms with van der Waals surface area (Å²) in [7, 11) is 0. The number of aromatic amines is 1. The van der Waals surface area contributed by atoms with Crippen molar-refractivity contribution in [2.75, 3.05) is 6.54 Å². The number of hydrogen-bond acceptors (Lipinski definition) is 2. The molecule has 2 aromatic rings. The Hall–Kier alpha value is -1.61. The summed E-state index contributed by atoms with van der Waals surface area (Å²) in [6, 6.07) is 10.9. The predicted octanol–water partition coefficient (Wildman–Crippen LogP) is 3.77. The van der Waals surface area contributed by atoms with Gasteiger partial charge in [0.15, 0.2) is 0 Å². The molecule has 3 nitrogen and oxygen atoms in total. The van der Waals surface area contributed by atoms with Gasteiger partial charge in [-0.05, 0) is 31.4 Å². The van der Waals surface area contributed by atoms with Crippen molar-refractivity contribution in [2.45, 2.75) is 51.0 Å². The first-order valence-corrected chi connectivity index (χ1v) is 8.16. The molecule has 1 saturated carbocycles. The highest BCUT2D eigenvalue weighted by Crippen LogP contribution is 2.44. The average Bonchev–Trinajstić information content (AvgIpc) is 3.18. The molecule has 1 aliphatic carbocycles. The number of hydrogen-bond donors (Lipinski definition) is 2. The largest absolute Gasteiger partial charge is 0.344 e. The van der Waals surface area contributed by atoms with Crippen LogP contribution in [0.1, 0.15) is 56.1 Å². The summed E-state index contributed by atoms with van der Waals surface area (Å²) >= 11 is 0. The number of H-pyrrole nitrogens is 1. The van der Waals surface area contributed by atoms with Gasteiger partial charge in [0, 0.05) is 18.4 Å². The summed E-state index contributed by atoms with van der Waals surface area (Å²) in [5.41, 5.74) is 2.70. The molecule has 2 N–H and O–H groups in total. The zero-order valence-electron chi connectivity index (χ0n) is 12.9. The highest BCUT2D eigenvalue weighted by molar-refractivity contribution is 5.34. The molecule has 0 saturated heterocycles. The van der Waals surface area contributed by atoms with Crippen molar-refractivity contribution in [2.24, 2.45) is 0 Å². The van der Waals surface area contributed by atoms with Gasteiger partial charge in [-0.25, -0.2) is 4.98 Å². The molecule has 0 atom stereocenters. The van der Waals surface area contributed by atoms with Crippen LogP contribution in [0, 0.1) is 0 Å². The molecule has 21 heavy (non-hydrogen) atoms. The van der Waals surface area contributed by atoms with Crippen LogP contribution in [0.25, 0.3) is 0 Å². The van der Waals surface area contributed by atoms with E-state index in [2.05, 4.69) is 47.6 Å². The first-order valence-electron chi connectivity index (χ1n) is 8.16. The smallest absolute Gasteiger partial charge is 0.116 e. The lowest BCUT2D eigenvalue weighted by Gasteiger charge is -2.27. The minimum Gasteiger partial charge on any atom is -0.344 e. The molecule has 0 spiro atoms. The molecule has 0 unspecified atom stereocenters. The zero-order valence-corrected chi connectivity index (χ0v) is 12.9. The van der Waals surface area contributed by atoms with Gasteiger partial charge < -0.3 is 10.3 Å². The molecule has 3 heteroatoms. The van der Waals surface area contributed by atoms with Gasteiger partial charge in [-0.3, -0.25) is 0 Å². The van der Waals surface area contributed by atoms with Gasteiger partial charge in [-0.15, -0.1) is 0 Å². The second kappa shape index (κ2) is 6.44. The average molecular weight is 283 g/mol. The Bertz CT molecular complexity index is 553. The van der Waals surface area contributed by atoms with Crippen molar-refractivity contribution in [1.82, 2.24) is 15.3 Å². The number of nitrogens with zero attached hydrogens (tertiary/aromatic N) is 1. The quantitative estimate of drug-likeness (QED) is 0.792. The Morgan fingerprint density at radius 1 is 1.19 bits per heavy atom. The fourth-order valence-corrected chi connectivity index (χ4v) is 3.49. The molecule has 1 aromatic carbocycles. The third-order valence-corrected chi connectivity index (χ3v) is 4.61. The maximum absolute atomic E-state index is 4.73. The fourth-order valence-electron chi connectivity index (χ4n) is 3.49. The Labute approximate surface area is 127 Å². The molecule has 3 rings (SSSR count). The first kappa shape index (κ1) is 14.3. The summed E-state index contributed by atoms with van der Waals surface area (Å²) in [5.74, 6) is 1.15. The van der Waals surface area contributed by atoms with Crippen LogP contribution in [0.15, 0.2) is 36.5 Å². The Morgan fingerprint density at radius 2 is 1.95 bits per heavy atom. The molecule has 0 bridgehead atoms. The van der Waals surface area contributed by atoms with Crippen LogP contribution in [-0.4, -0.2) is 16.5 Å². The van der Waals surface area contributed by atoms with E-state index in [1.165, 1.54) is 36.9 Å². The molecule has 0 radical (unpaired) electrons. The molecule has 1 fully saturated rings. The van der Waals surface area contributed by atoms with Crippen molar-refractivity contribution in [3.63, 3.8) is 0 Å². The van der Waals surface area contributed by atoms with Gasteiger partial charge in [0.2, 0.25) is 0 Å². The molecule has 1 aromatic heterocycles. The van der Waals surface area contributed by atoms with E-state index >= 15 is 0 Å².